The molecule has 0 aromatic carbocycles. The van der Waals surface area contributed by atoms with Crippen LogP contribution in [-0.4, -0.2) is 93.2 Å². The molecule has 0 aliphatic rings. The molecule has 0 N–H and O–H groups in total. The van der Waals surface area contributed by atoms with Gasteiger partial charge in [-0.1, -0.05) is 33.1 Å². The first-order valence-corrected chi connectivity index (χ1v) is 13.8. The van der Waals surface area contributed by atoms with E-state index >= 15 is 0 Å². The highest BCUT2D eigenvalue weighted by Gasteiger charge is 2.45. The fourth-order valence-corrected chi connectivity index (χ4v) is 4.47. The van der Waals surface area contributed by atoms with Crippen molar-refractivity contribution in [2.24, 2.45) is 0 Å². The summed E-state index contributed by atoms with van der Waals surface area (Å²) in [5, 5.41) is 0. The molecule has 0 amide bonds. The van der Waals surface area contributed by atoms with Crippen molar-refractivity contribution in [3.05, 3.63) is 0 Å². The van der Waals surface area contributed by atoms with E-state index in [2.05, 4.69) is 31.4 Å². The normalized spacial score (nSPS) is 12.2. The van der Waals surface area contributed by atoms with E-state index in [0.717, 1.165) is 70.5 Å². The number of unbranched alkanes of at least 4 members (excludes halogenated alkanes) is 4. The third-order valence-electron chi connectivity index (χ3n) is 4.20. The van der Waals surface area contributed by atoms with E-state index in [9.17, 15) is 0 Å². The van der Waals surface area contributed by atoms with Gasteiger partial charge in [0.15, 0.2) is 0 Å². The molecule has 0 bridgehead atoms. The molecule has 0 unspecified atom stereocenters. The van der Waals surface area contributed by atoms with E-state index in [0.29, 0.717) is 39.6 Å². The molecule has 0 aliphatic carbocycles. The van der Waals surface area contributed by atoms with Crippen LogP contribution < -0.4 is 0 Å². The molecule has 0 saturated carbocycles. The van der Waals surface area contributed by atoms with E-state index < -0.39 is 9.05 Å². The van der Waals surface area contributed by atoms with Crippen LogP contribution in [0.5, 0.6) is 0 Å². The molecular formula is C21H47NO6SSi. The number of rotatable bonds is 24. The average molecular weight is 470 g/mol. The molecule has 0 heterocycles. The number of ether oxygens (including phenoxy) is 2. The topological polar surface area (TPSA) is 58.6 Å². The average Bonchev–Trinajstić information content (AvgIpc) is 2.72. The summed E-state index contributed by atoms with van der Waals surface area (Å²) in [6.45, 7) is 9.39. The first-order valence-electron chi connectivity index (χ1n) is 11.6. The van der Waals surface area contributed by atoms with Gasteiger partial charge in [0, 0.05) is 26.4 Å². The predicted molar refractivity (Wildman–Crippen MR) is 127 cm³/mol. The van der Waals surface area contributed by atoms with E-state index in [1.165, 1.54) is 0 Å². The molecule has 0 radical (unpaired) electrons. The standard InChI is InChI=1S/C21H47NO6SSi/c1-5-7-13-23-17-19-27-30(26-16-12-22(3)4,25-15-10-9-11-21-29)28-20-18-24-14-8-6-2/h29H,5-21H2,1-4H3. The number of nitrogens with zero attached hydrogens (tertiary/aromatic N) is 1. The third kappa shape index (κ3) is 19.0. The Bertz CT molecular complexity index is 339. The second kappa shape index (κ2) is 22.5. The van der Waals surface area contributed by atoms with Gasteiger partial charge < -0.3 is 32.1 Å². The molecular weight excluding hydrogens is 422 g/mol. The van der Waals surface area contributed by atoms with Crippen molar-refractivity contribution in [2.45, 2.75) is 58.8 Å². The van der Waals surface area contributed by atoms with Gasteiger partial charge in [0.1, 0.15) is 0 Å². The fourth-order valence-electron chi connectivity index (χ4n) is 2.34. The quantitative estimate of drug-likeness (QED) is 0.131. The third-order valence-corrected chi connectivity index (χ3v) is 6.74. The molecule has 0 atom stereocenters. The molecule has 9 heteroatoms. The van der Waals surface area contributed by atoms with Crippen molar-refractivity contribution in [2.75, 3.05) is 79.2 Å². The van der Waals surface area contributed by atoms with Crippen LogP contribution in [0.1, 0.15) is 58.8 Å². The maximum atomic E-state index is 6.13. The fraction of sp³-hybridized carbons (Fsp3) is 1.00. The largest absolute Gasteiger partial charge is 0.679 e. The molecule has 182 valence electrons. The first-order chi connectivity index (χ1) is 14.6. The van der Waals surface area contributed by atoms with E-state index in [1.807, 2.05) is 14.1 Å². The highest BCUT2D eigenvalue weighted by atomic mass is 32.1. The lowest BCUT2D eigenvalue weighted by Crippen LogP contribution is -2.51. The second-order valence-corrected chi connectivity index (χ2v) is 10.0. The molecule has 0 rings (SSSR count). The molecule has 0 aliphatic heterocycles. The molecule has 7 nitrogen and oxygen atoms in total. The SMILES string of the molecule is CCCCOCCO[Si](OCCCCCS)(OCCOCCCC)OCCN(C)C. The zero-order valence-electron chi connectivity index (χ0n) is 19.9. The summed E-state index contributed by atoms with van der Waals surface area (Å²) >= 11 is 4.27. The highest BCUT2D eigenvalue weighted by Crippen LogP contribution is 2.14. The maximum Gasteiger partial charge on any atom is 0.679 e. The van der Waals surface area contributed by atoms with Gasteiger partial charge in [0.25, 0.3) is 0 Å². The van der Waals surface area contributed by atoms with Gasteiger partial charge in [-0.05, 0) is 45.5 Å². The van der Waals surface area contributed by atoms with Gasteiger partial charge in [-0.2, -0.15) is 12.6 Å². The van der Waals surface area contributed by atoms with Gasteiger partial charge in [-0.3, -0.25) is 0 Å². The second-order valence-electron chi connectivity index (χ2n) is 7.41. The van der Waals surface area contributed by atoms with Crippen LogP contribution in [0.2, 0.25) is 0 Å². The van der Waals surface area contributed by atoms with Crippen molar-refractivity contribution in [3.63, 3.8) is 0 Å². The van der Waals surface area contributed by atoms with Crippen LogP contribution in [0.15, 0.2) is 0 Å². The number of likely N-dealkylation sites (N-methyl/N-ethyl adjacent to an activating group) is 1. The zero-order chi connectivity index (χ0) is 22.3. The Kier molecular flexibility index (Phi) is 22.7. The number of thiol groups is 1. The van der Waals surface area contributed by atoms with Gasteiger partial charge >= 0.3 is 9.05 Å². The van der Waals surface area contributed by atoms with Crippen molar-refractivity contribution in [1.82, 2.24) is 4.90 Å². The zero-order valence-corrected chi connectivity index (χ0v) is 21.8. The lowest BCUT2D eigenvalue weighted by Gasteiger charge is -2.29. The van der Waals surface area contributed by atoms with Crippen LogP contribution in [0, 0.1) is 0 Å². The summed E-state index contributed by atoms with van der Waals surface area (Å²) < 4.78 is 35.7. The van der Waals surface area contributed by atoms with E-state index in [4.69, 9.17) is 27.2 Å². The number of hydrogen-bond acceptors (Lipinski definition) is 8. The first kappa shape index (κ1) is 30.3. The minimum atomic E-state index is -3.27. The molecule has 0 spiro atoms. The Balaban J connectivity index is 4.71. The van der Waals surface area contributed by atoms with Crippen LogP contribution >= 0.6 is 12.6 Å². The van der Waals surface area contributed by atoms with Crippen LogP contribution in [0.4, 0.5) is 0 Å². The molecule has 0 fully saturated rings. The van der Waals surface area contributed by atoms with Gasteiger partial charge in [0.05, 0.1) is 33.0 Å². The van der Waals surface area contributed by atoms with Crippen LogP contribution in [0.25, 0.3) is 0 Å². The molecule has 0 aromatic heterocycles. The lowest BCUT2D eigenvalue weighted by molar-refractivity contribution is -0.0564. The molecule has 30 heavy (non-hydrogen) atoms. The van der Waals surface area contributed by atoms with Crippen molar-refractivity contribution >= 4 is 21.7 Å². The van der Waals surface area contributed by atoms with Crippen LogP contribution in [-0.2, 0) is 27.2 Å². The summed E-state index contributed by atoms with van der Waals surface area (Å²) in [7, 11) is 0.754. The molecule has 0 saturated heterocycles. The van der Waals surface area contributed by atoms with Crippen molar-refractivity contribution < 1.29 is 27.2 Å². The summed E-state index contributed by atoms with van der Waals surface area (Å²) in [4.78, 5) is 2.06. The Morgan fingerprint density at radius 1 is 0.600 bits per heavy atom. The Hall–Kier alpha value is 0.287. The number of hydrogen-bond donors (Lipinski definition) is 1. The summed E-state index contributed by atoms with van der Waals surface area (Å²) in [6.07, 6.45) is 7.39. The predicted octanol–water partition coefficient (Wildman–Crippen LogP) is 3.78. The highest BCUT2D eigenvalue weighted by molar-refractivity contribution is 7.80. The van der Waals surface area contributed by atoms with Gasteiger partial charge in [-0.15, -0.1) is 0 Å². The van der Waals surface area contributed by atoms with E-state index in [-0.39, 0.29) is 0 Å². The molecule has 0 aromatic rings. The van der Waals surface area contributed by atoms with Crippen LogP contribution in [0.3, 0.4) is 0 Å². The monoisotopic (exact) mass is 469 g/mol. The summed E-state index contributed by atoms with van der Waals surface area (Å²) in [5.41, 5.74) is 0. The smallest absolute Gasteiger partial charge is 0.379 e. The summed E-state index contributed by atoms with van der Waals surface area (Å²) in [5.74, 6) is 0.888. The Labute approximate surface area is 192 Å². The Morgan fingerprint density at radius 2 is 1.13 bits per heavy atom. The van der Waals surface area contributed by atoms with Crippen molar-refractivity contribution in [1.29, 1.82) is 0 Å². The maximum absolute atomic E-state index is 6.13. The minimum Gasteiger partial charge on any atom is -0.379 e. The van der Waals surface area contributed by atoms with Gasteiger partial charge in [0.2, 0.25) is 0 Å². The van der Waals surface area contributed by atoms with Crippen molar-refractivity contribution in [3.8, 4) is 0 Å². The van der Waals surface area contributed by atoms with Gasteiger partial charge in [-0.25, -0.2) is 0 Å². The lowest BCUT2D eigenvalue weighted by atomic mass is 10.3. The minimum absolute atomic E-state index is 0.394. The van der Waals surface area contributed by atoms with E-state index in [1.54, 1.807) is 0 Å². The Morgan fingerprint density at radius 3 is 1.63 bits per heavy atom. The summed E-state index contributed by atoms with van der Waals surface area (Å²) in [6, 6.07) is 0.